The molecule has 2 fully saturated rings. The largest absolute Gasteiger partial charge is 0.382 e. The number of nitrogens with one attached hydrogen (secondary N) is 2. The van der Waals surface area contributed by atoms with Gasteiger partial charge in [0.2, 0.25) is 11.8 Å². The van der Waals surface area contributed by atoms with Crippen molar-refractivity contribution in [1.82, 2.24) is 10.2 Å². The van der Waals surface area contributed by atoms with Crippen molar-refractivity contribution in [3.8, 4) is 0 Å². The Kier molecular flexibility index (Phi) is 7.63. The topological polar surface area (TPSA) is 87.7 Å². The molecule has 3 rings (SSSR count). The molecule has 7 heteroatoms. The number of hydrogen-bond donors (Lipinski definition) is 2. The van der Waals surface area contributed by atoms with Crippen LogP contribution in [0.4, 0.5) is 5.69 Å². The number of carbonyl (C=O) groups excluding carboxylic acids is 3. The van der Waals surface area contributed by atoms with E-state index >= 15 is 0 Å². The summed E-state index contributed by atoms with van der Waals surface area (Å²) in [5.41, 5.74) is 0.904. The third-order valence-electron chi connectivity index (χ3n) is 5.68. The lowest BCUT2D eigenvalue weighted by atomic mass is 10.1. The highest BCUT2D eigenvalue weighted by atomic mass is 16.5. The van der Waals surface area contributed by atoms with Crippen LogP contribution in [0.5, 0.6) is 0 Å². The van der Waals surface area contributed by atoms with Gasteiger partial charge < -0.3 is 20.3 Å². The van der Waals surface area contributed by atoms with Gasteiger partial charge in [-0.05, 0) is 38.3 Å². The first-order valence-electron chi connectivity index (χ1n) is 10.7. The number of likely N-dealkylation sites (tertiary alicyclic amines) is 1. The fourth-order valence-electron chi connectivity index (χ4n) is 4.12. The van der Waals surface area contributed by atoms with Crippen molar-refractivity contribution in [1.29, 1.82) is 0 Å². The van der Waals surface area contributed by atoms with Gasteiger partial charge in [-0.15, -0.1) is 0 Å². The normalized spacial score (nSPS) is 19.6. The molecule has 1 aliphatic heterocycles. The van der Waals surface area contributed by atoms with Crippen molar-refractivity contribution in [2.75, 3.05) is 31.6 Å². The van der Waals surface area contributed by atoms with Crippen LogP contribution < -0.4 is 10.6 Å². The van der Waals surface area contributed by atoms with Crippen LogP contribution in [0.3, 0.4) is 0 Å². The second-order valence-corrected chi connectivity index (χ2v) is 7.73. The number of rotatable bonds is 9. The maximum absolute atomic E-state index is 12.8. The summed E-state index contributed by atoms with van der Waals surface area (Å²) in [6.45, 7) is 4.17. The molecular weight excluding hydrogens is 370 g/mol. The monoisotopic (exact) mass is 401 g/mol. The van der Waals surface area contributed by atoms with Crippen molar-refractivity contribution in [3.63, 3.8) is 0 Å². The Balaban J connectivity index is 1.56. The van der Waals surface area contributed by atoms with Gasteiger partial charge in [0.1, 0.15) is 0 Å². The average Bonchev–Trinajstić information content (AvgIpc) is 3.37. The highest BCUT2D eigenvalue weighted by molar-refractivity contribution is 6.05. The molecule has 0 radical (unpaired) electrons. The smallest absolute Gasteiger partial charge is 0.253 e. The fraction of sp³-hybridized carbons (Fsp3) is 0.591. The van der Waals surface area contributed by atoms with Gasteiger partial charge in [0.15, 0.2) is 0 Å². The molecule has 1 aromatic rings. The third kappa shape index (κ3) is 5.56. The van der Waals surface area contributed by atoms with Crippen LogP contribution in [0.25, 0.3) is 0 Å². The summed E-state index contributed by atoms with van der Waals surface area (Å²) >= 11 is 0. The summed E-state index contributed by atoms with van der Waals surface area (Å²) in [6, 6.07) is 7.25. The number of ether oxygens (including phenoxy) is 1. The molecule has 0 bridgehead atoms. The first kappa shape index (κ1) is 21.3. The predicted octanol–water partition coefficient (Wildman–Crippen LogP) is 2.57. The molecular formula is C22H31N3O4. The zero-order valence-corrected chi connectivity index (χ0v) is 17.1. The van der Waals surface area contributed by atoms with Gasteiger partial charge in [-0.2, -0.15) is 0 Å². The molecule has 1 atom stereocenters. The molecule has 2 aliphatic rings. The zero-order chi connectivity index (χ0) is 20.6. The molecule has 1 saturated heterocycles. The van der Waals surface area contributed by atoms with E-state index in [0.29, 0.717) is 37.6 Å². The van der Waals surface area contributed by atoms with Crippen molar-refractivity contribution < 1.29 is 19.1 Å². The van der Waals surface area contributed by atoms with Crippen LogP contribution in [0.1, 0.15) is 55.8 Å². The molecule has 1 aromatic carbocycles. The first-order valence-corrected chi connectivity index (χ1v) is 10.7. The van der Waals surface area contributed by atoms with Crippen molar-refractivity contribution in [2.24, 2.45) is 5.92 Å². The van der Waals surface area contributed by atoms with Gasteiger partial charge in [0.05, 0.1) is 17.2 Å². The Labute approximate surface area is 172 Å². The van der Waals surface area contributed by atoms with E-state index in [9.17, 15) is 14.4 Å². The third-order valence-corrected chi connectivity index (χ3v) is 5.68. The number of para-hydroxylation sites is 1. The second kappa shape index (κ2) is 10.4. The zero-order valence-electron chi connectivity index (χ0n) is 17.1. The lowest BCUT2D eigenvalue weighted by Gasteiger charge is -2.24. The number of amides is 3. The maximum atomic E-state index is 12.8. The summed E-state index contributed by atoms with van der Waals surface area (Å²) in [5.74, 6) is -0.731. The number of carbonyl (C=O) groups is 3. The van der Waals surface area contributed by atoms with E-state index in [4.69, 9.17) is 4.74 Å². The Hall–Kier alpha value is -2.41. The molecule has 1 heterocycles. The molecule has 1 saturated carbocycles. The number of nitrogens with zero attached hydrogens (tertiary/aromatic N) is 1. The van der Waals surface area contributed by atoms with E-state index in [-0.39, 0.29) is 36.1 Å². The minimum absolute atomic E-state index is 0.0670. The lowest BCUT2D eigenvalue weighted by molar-refractivity contribution is -0.129. The van der Waals surface area contributed by atoms with Gasteiger partial charge >= 0.3 is 0 Å². The maximum Gasteiger partial charge on any atom is 0.253 e. The first-order chi connectivity index (χ1) is 14.1. The number of anilines is 1. The molecule has 3 amide bonds. The molecule has 1 unspecified atom stereocenters. The van der Waals surface area contributed by atoms with Gasteiger partial charge in [0.25, 0.3) is 5.91 Å². The van der Waals surface area contributed by atoms with E-state index in [2.05, 4.69) is 10.6 Å². The average molecular weight is 402 g/mol. The Bertz CT molecular complexity index is 731. The number of benzene rings is 1. The highest BCUT2D eigenvalue weighted by Crippen LogP contribution is 2.30. The SMILES string of the molecule is CCOCCCNC(=O)c1ccccc1NC(=O)C1CC(=O)N(C2CCCC2)C1. The Morgan fingerprint density at radius 1 is 1.21 bits per heavy atom. The lowest BCUT2D eigenvalue weighted by Crippen LogP contribution is -2.35. The Morgan fingerprint density at radius 3 is 2.72 bits per heavy atom. The predicted molar refractivity (Wildman–Crippen MR) is 111 cm³/mol. The second-order valence-electron chi connectivity index (χ2n) is 7.73. The van der Waals surface area contributed by atoms with Gasteiger partial charge in [-0.25, -0.2) is 0 Å². The van der Waals surface area contributed by atoms with E-state index < -0.39 is 0 Å². The van der Waals surface area contributed by atoms with E-state index in [1.807, 2.05) is 11.8 Å². The standard InChI is InChI=1S/C22H31N3O4/c1-2-29-13-7-12-23-22(28)18-10-5-6-11-19(18)24-21(27)16-14-20(26)25(15-16)17-8-3-4-9-17/h5-6,10-11,16-17H,2-4,7-9,12-15H2,1H3,(H,23,28)(H,24,27). The Morgan fingerprint density at radius 2 is 1.97 bits per heavy atom. The molecule has 2 N–H and O–H groups in total. The van der Waals surface area contributed by atoms with Crippen LogP contribution in [0.2, 0.25) is 0 Å². The quantitative estimate of drug-likeness (QED) is 0.623. The van der Waals surface area contributed by atoms with Crippen LogP contribution in [0, 0.1) is 5.92 Å². The van der Waals surface area contributed by atoms with Crippen molar-refractivity contribution >= 4 is 23.4 Å². The summed E-state index contributed by atoms with van der Waals surface area (Å²) in [4.78, 5) is 39.6. The van der Waals surface area contributed by atoms with E-state index in [1.54, 1.807) is 24.3 Å². The van der Waals surface area contributed by atoms with Gasteiger partial charge in [0, 0.05) is 38.8 Å². The molecule has 29 heavy (non-hydrogen) atoms. The minimum Gasteiger partial charge on any atom is -0.382 e. The summed E-state index contributed by atoms with van der Waals surface area (Å²) in [7, 11) is 0. The van der Waals surface area contributed by atoms with Crippen LogP contribution in [0.15, 0.2) is 24.3 Å². The summed E-state index contributed by atoms with van der Waals surface area (Å²) < 4.78 is 5.27. The summed E-state index contributed by atoms with van der Waals surface area (Å²) in [6.07, 6.45) is 5.35. The van der Waals surface area contributed by atoms with Gasteiger partial charge in [-0.3, -0.25) is 14.4 Å². The molecule has 0 aromatic heterocycles. The van der Waals surface area contributed by atoms with Crippen LogP contribution in [-0.4, -0.2) is 55.0 Å². The van der Waals surface area contributed by atoms with Crippen LogP contribution in [-0.2, 0) is 14.3 Å². The van der Waals surface area contributed by atoms with Crippen molar-refractivity contribution in [3.05, 3.63) is 29.8 Å². The highest BCUT2D eigenvalue weighted by Gasteiger charge is 2.38. The van der Waals surface area contributed by atoms with Crippen molar-refractivity contribution in [2.45, 2.75) is 51.5 Å². The van der Waals surface area contributed by atoms with E-state index in [1.165, 1.54) is 0 Å². The summed E-state index contributed by atoms with van der Waals surface area (Å²) in [5, 5.41) is 5.73. The molecule has 0 spiro atoms. The van der Waals surface area contributed by atoms with Crippen LogP contribution >= 0.6 is 0 Å². The molecule has 7 nitrogen and oxygen atoms in total. The van der Waals surface area contributed by atoms with Gasteiger partial charge in [-0.1, -0.05) is 25.0 Å². The fourth-order valence-corrected chi connectivity index (χ4v) is 4.12. The van der Waals surface area contributed by atoms with E-state index in [0.717, 1.165) is 32.1 Å². The number of hydrogen-bond acceptors (Lipinski definition) is 4. The minimum atomic E-state index is -0.370. The molecule has 158 valence electrons. The molecule has 1 aliphatic carbocycles.